The van der Waals surface area contributed by atoms with Gasteiger partial charge in [-0.3, -0.25) is 0 Å². The van der Waals surface area contributed by atoms with Crippen molar-refractivity contribution in [3.05, 3.63) is 23.6 Å². The van der Waals surface area contributed by atoms with Gasteiger partial charge in [0.05, 0.1) is 12.1 Å². The Morgan fingerprint density at radius 2 is 1.82 bits per heavy atom. The Labute approximate surface area is 107 Å². The molecule has 1 aliphatic heterocycles. The van der Waals surface area contributed by atoms with Crippen molar-refractivity contribution in [1.82, 2.24) is 4.98 Å². The van der Waals surface area contributed by atoms with Gasteiger partial charge in [0.25, 0.3) is 0 Å². The molecular weight excluding hydrogens is 239 g/mol. The summed E-state index contributed by atoms with van der Waals surface area (Å²) in [5.74, 6) is 0.871. The Balaban J connectivity index is 2.18. The molecule has 17 heavy (non-hydrogen) atoms. The van der Waals surface area contributed by atoms with Crippen molar-refractivity contribution in [2.75, 3.05) is 18.0 Å². The minimum absolute atomic E-state index is 0.309. The number of nitrogens with zero attached hydrogens (tertiary/aromatic N) is 2. The molecule has 1 aromatic heterocycles. The summed E-state index contributed by atoms with van der Waals surface area (Å²) in [7, 11) is 0. The standard InChI is InChI=1S/C13H18ClFN2/c14-9-11-8-12(15)10-16-13(11)17-6-4-2-1-3-5-7-17/h8,10H,1-7,9H2. The van der Waals surface area contributed by atoms with Gasteiger partial charge >= 0.3 is 0 Å². The molecule has 0 amide bonds. The molecule has 0 saturated carbocycles. The predicted octanol–water partition coefficient (Wildman–Crippen LogP) is 3.73. The van der Waals surface area contributed by atoms with Crippen LogP contribution in [0.1, 0.15) is 37.7 Å². The second kappa shape index (κ2) is 6.20. The van der Waals surface area contributed by atoms with Crippen molar-refractivity contribution in [3.8, 4) is 0 Å². The van der Waals surface area contributed by atoms with E-state index >= 15 is 0 Å². The van der Waals surface area contributed by atoms with Crippen LogP contribution in [0, 0.1) is 5.82 Å². The van der Waals surface area contributed by atoms with Crippen LogP contribution in [-0.2, 0) is 5.88 Å². The largest absolute Gasteiger partial charge is 0.356 e. The van der Waals surface area contributed by atoms with Crippen LogP contribution in [0.15, 0.2) is 12.3 Å². The van der Waals surface area contributed by atoms with E-state index in [4.69, 9.17) is 11.6 Å². The summed E-state index contributed by atoms with van der Waals surface area (Å²) in [6, 6.07) is 1.49. The molecule has 0 N–H and O–H groups in total. The Hall–Kier alpha value is -0.830. The molecule has 0 radical (unpaired) electrons. The van der Waals surface area contributed by atoms with Crippen LogP contribution in [0.2, 0.25) is 0 Å². The number of alkyl halides is 1. The second-order valence-corrected chi connectivity index (χ2v) is 4.79. The molecule has 4 heteroatoms. The van der Waals surface area contributed by atoms with Crippen LogP contribution in [0.3, 0.4) is 0 Å². The first-order chi connectivity index (χ1) is 8.31. The first-order valence-corrected chi connectivity index (χ1v) is 6.80. The fourth-order valence-electron chi connectivity index (χ4n) is 2.32. The number of rotatable bonds is 2. The maximum absolute atomic E-state index is 13.1. The van der Waals surface area contributed by atoms with Crippen LogP contribution in [-0.4, -0.2) is 18.1 Å². The van der Waals surface area contributed by atoms with Gasteiger partial charge in [0.2, 0.25) is 0 Å². The molecule has 2 heterocycles. The van der Waals surface area contributed by atoms with Gasteiger partial charge in [0.1, 0.15) is 11.6 Å². The number of anilines is 1. The fourth-order valence-corrected chi connectivity index (χ4v) is 2.51. The normalized spacial score (nSPS) is 17.6. The molecule has 1 aliphatic rings. The first-order valence-electron chi connectivity index (χ1n) is 6.26. The molecule has 0 unspecified atom stereocenters. The Bertz CT molecular complexity index is 362. The second-order valence-electron chi connectivity index (χ2n) is 4.52. The lowest BCUT2D eigenvalue weighted by Crippen LogP contribution is -2.28. The van der Waals surface area contributed by atoms with Gasteiger partial charge in [0, 0.05) is 18.7 Å². The molecule has 0 aliphatic carbocycles. The third-order valence-electron chi connectivity index (χ3n) is 3.21. The van der Waals surface area contributed by atoms with Crippen molar-refractivity contribution in [2.45, 2.75) is 38.0 Å². The minimum atomic E-state index is -0.309. The lowest BCUT2D eigenvalue weighted by atomic mass is 10.1. The molecule has 0 bridgehead atoms. The predicted molar refractivity (Wildman–Crippen MR) is 69.1 cm³/mol. The molecule has 2 nitrogen and oxygen atoms in total. The maximum atomic E-state index is 13.1. The summed E-state index contributed by atoms with van der Waals surface area (Å²) in [6.07, 6.45) is 7.51. The Morgan fingerprint density at radius 3 is 2.47 bits per heavy atom. The summed E-state index contributed by atoms with van der Waals surface area (Å²) >= 11 is 5.86. The van der Waals surface area contributed by atoms with Crippen molar-refractivity contribution < 1.29 is 4.39 Å². The molecule has 2 rings (SSSR count). The van der Waals surface area contributed by atoms with Crippen molar-refractivity contribution in [3.63, 3.8) is 0 Å². The van der Waals surface area contributed by atoms with Crippen molar-refractivity contribution in [2.24, 2.45) is 0 Å². The average molecular weight is 257 g/mol. The third-order valence-corrected chi connectivity index (χ3v) is 3.50. The number of pyridine rings is 1. The van der Waals surface area contributed by atoms with Gasteiger partial charge in [-0.05, 0) is 18.9 Å². The van der Waals surface area contributed by atoms with Gasteiger partial charge in [0.15, 0.2) is 0 Å². The number of hydrogen-bond acceptors (Lipinski definition) is 2. The highest BCUT2D eigenvalue weighted by Gasteiger charge is 2.14. The van der Waals surface area contributed by atoms with Crippen LogP contribution >= 0.6 is 11.6 Å². The summed E-state index contributed by atoms with van der Waals surface area (Å²) in [4.78, 5) is 6.46. The molecule has 1 saturated heterocycles. The molecule has 0 aromatic carbocycles. The molecule has 94 valence electrons. The number of aromatic nitrogens is 1. The zero-order valence-electron chi connectivity index (χ0n) is 9.96. The van der Waals surface area contributed by atoms with E-state index in [2.05, 4.69) is 9.88 Å². The lowest BCUT2D eigenvalue weighted by molar-refractivity contribution is 0.551. The fraction of sp³-hybridized carbons (Fsp3) is 0.615. The maximum Gasteiger partial charge on any atom is 0.141 e. The van der Waals surface area contributed by atoms with Gasteiger partial charge in [-0.2, -0.15) is 0 Å². The van der Waals surface area contributed by atoms with Crippen LogP contribution in [0.25, 0.3) is 0 Å². The quantitative estimate of drug-likeness (QED) is 0.750. The van der Waals surface area contributed by atoms with E-state index in [1.807, 2.05) is 0 Å². The van der Waals surface area contributed by atoms with E-state index < -0.39 is 0 Å². The van der Waals surface area contributed by atoms with E-state index in [1.165, 1.54) is 44.4 Å². The molecular formula is C13H18ClFN2. The minimum Gasteiger partial charge on any atom is -0.356 e. The first kappa shape index (κ1) is 12.6. The highest BCUT2D eigenvalue weighted by atomic mass is 35.5. The smallest absolute Gasteiger partial charge is 0.141 e. The van der Waals surface area contributed by atoms with E-state index in [1.54, 1.807) is 0 Å². The average Bonchev–Trinajstić information content (AvgIpc) is 2.29. The summed E-state index contributed by atoms with van der Waals surface area (Å²) in [5.41, 5.74) is 0.798. The van der Waals surface area contributed by atoms with E-state index in [-0.39, 0.29) is 5.82 Å². The summed E-state index contributed by atoms with van der Waals surface area (Å²) in [6.45, 7) is 2.01. The highest BCUT2D eigenvalue weighted by molar-refractivity contribution is 6.17. The van der Waals surface area contributed by atoms with E-state index in [9.17, 15) is 4.39 Å². The van der Waals surface area contributed by atoms with Crippen LogP contribution < -0.4 is 4.90 Å². The zero-order chi connectivity index (χ0) is 12.1. The Morgan fingerprint density at radius 1 is 1.18 bits per heavy atom. The molecule has 1 fully saturated rings. The lowest BCUT2D eigenvalue weighted by Gasteiger charge is -2.27. The summed E-state index contributed by atoms with van der Waals surface area (Å²) < 4.78 is 13.1. The number of halogens is 2. The van der Waals surface area contributed by atoms with Gasteiger partial charge in [-0.15, -0.1) is 11.6 Å². The van der Waals surface area contributed by atoms with Crippen LogP contribution in [0.5, 0.6) is 0 Å². The number of hydrogen-bond donors (Lipinski definition) is 0. The Kier molecular flexibility index (Phi) is 4.60. The molecule has 1 aromatic rings. The van der Waals surface area contributed by atoms with Crippen molar-refractivity contribution >= 4 is 17.4 Å². The third kappa shape index (κ3) is 3.32. The SMILES string of the molecule is Fc1cnc(N2CCCCCCC2)c(CCl)c1. The molecule has 0 spiro atoms. The van der Waals surface area contributed by atoms with E-state index in [0.29, 0.717) is 5.88 Å². The van der Waals surface area contributed by atoms with Gasteiger partial charge in [-0.1, -0.05) is 19.3 Å². The summed E-state index contributed by atoms with van der Waals surface area (Å²) in [5, 5.41) is 0. The van der Waals surface area contributed by atoms with Crippen LogP contribution in [0.4, 0.5) is 10.2 Å². The monoisotopic (exact) mass is 256 g/mol. The topological polar surface area (TPSA) is 16.1 Å². The highest BCUT2D eigenvalue weighted by Crippen LogP contribution is 2.23. The zero-order valence-corrected chi connectivity index (χ0v) is 10.7. The van der Waals surface area contributed by atoms with E-state index in [0.717, 1.165) is 24.5 Å². The van der Waals surface area contributed by atoms with Gasteiger partial charge in [-0.25, -0.2) is 9.37 Å². The van der Waals surface area contributed by atoms with Crippen molar-refractivity contribution in [1.29, 1.82) is 0 Å². The van der Waals surface area contributed by atoms with Gasteiger partial charge < -0.3 is 4.90 Å². The molecule has 0 atom stereocenters.